The van der Waals surface area contributed by atoms with Crippen molar-refractivity contribution >= 4 is 5.91 Å². The van der Waals surface area contributed by atoms with E-state index in [-0.39, 0.29) is 12.1 Å². The highest BCUT2D eigenvalue weighted by Gasteiger charge is 2.57. The van der Waals surface area contributed by atoms with Crippen LogP contribution in [0.3, 0.4) is 0 Å². The predicted octanol–water partition coefficient (Wildman–Crippen LogP) is 2.27. The number of alkyl halides is 3. The number of carbonyl (C=O) groups excluding carboxylic acids is 1. The topological polar surface area (TPSA) is 40.5 Å². The molecule has 1 aromatic carbocycles. The zero-order valence-electron chi connectivity index (χ0n) is 10.7. The van der Waals surface area contributed by atoms with Crippen molar-refractivity contribution in [2.45, 2.75) is 25.1 Å². The van der Waals surface area contributed by atoms with Gasteiger partial charge in [0.05, 0.1) is 6.54 Å². The fraction of sp³-hybridized carbons (Fsp3) is 0.462. The van der Waals surface area contributed by atoms with Gasteiger partial charge in [-0.1, -0.05) is 6.07 Å². The van der Waals surface area contributed by atoms with Gasteiger partial charge in [0.2, 0.25) is 0 Å². The van der Waals surface area contributed by atoms with E-state index < -0.39 is 36.5 Å². The van der Waals surface area contributed by atoms with E-state index >= 15 is 0 Å². The minimum absolute atomic E-state index is 0.0106. The van der Waals surface area contributed by atoms with Crippen molar-refractivity contribution in [1.82, 2.24) is 4.90 Å². The molecule has 1 aliphatic rings. The summed E-state index contributed by atoms with van der Waals surface area (Å²) in [6, 6.07) is 3.54. The van der Waals surface area contributed by atoms with Crippen molar-refractivity contribution in [3.8, 4) is 0 Å². The Bertz CT molecular complexity index is 544. The summed E-state index contributed by atoms with van der Waals surface area (Å²) in [5.41, 5.74) is -2.40. The molecule has 2 rings (SSSR count). The van der Waals surface area contributed by atoms with Crippen LogP contribution in [0.4, 0.5) is 17.6 Å². The van der Waals surface area contributed by atoms with Gasteiger partial charge in [0, 0.05) is 18.5 Å². The van der Waals surface area contributed by atoms with E-state index in [2.05, 4.69) is 0 Å². The summed E-state index contributed by atoms with van der Waals surface area (Å²) < 4.78 is 51.2. The quantitative estimate of drug-likeness (QED) is 0.806. The van der Waals surface area contributed by atoms with Gasteiger partial charge in [-0.2, -0.15) is 13.2 Å². The summed E-state index contributed by atoms with van der Waals surface area (Å²) in [6.07, 6.45) is -5.37. The molecule has 0 aliphatic carbocycles. The van der Waals surface area contributed by atoms with Crippen LogP contribution in [0.1, 0.15) is 22.3 Å². The van der Waals surface area contributed by atoms with E-state index in [0.717, 1.165) is 11.0 Å². The van der Waals surface area contributed by atoms with Gasteiger partial charge in [-0.3, -0.25) is 4.79 Å². The molecule has 1 fully saturated rings. The Balaban J connectivity index is 2.22. The number of rotatable bonds is 1. The number of nitrogens with zero attached hydrogens (tertiary/aromatic N) is 1. The van der Waals surface area contributed by atoms with Crippen LogP contribution >= 0.6 is 0 Å². The third-order valence-corrected chi connectivity index (χ3v) is 3.49. The van der Waals surface area contributed by atoms with Gasteiger partial charge in [-0.15, -0.1) is 0 Å². The number of hydrogen-bond acceptors (Lipinski definition) is 2. The number of benzene rings is 1. The Hall–Kier alpha value is -1.63. The molecule has 3 nitrogen and oxygen atoms in total. The van der Waals surface area contributed by atoms with Crippen LogP contribution in [-0.2, 0) is 0 Å². The molecule has 0 unspecified atom stereocenters. The summed E-state index contributed by atoms with van der Waals surface area (Å²) >= 11 is 0. The molecule has 7 heteroatoms. The highest BCUT2D eigenvalue weighted by molar-refractivity contribution is 5.95. The van der Waals surface area contributed by atoms with Crippen LogP contribution in [0.2, 0.25) is 0 Å². The third-order valence-electron chi connectivity index (χ3n) is 3.49. The van der Waals surface area contributed by atoms with Crippen molar-refractivity contribution < 1.29 is 27.5 Å². The van der Waals surface area contributed by atoms with Gasteiger partial charge < -0.3 is 10.0 Å². The molecular weight excluding hydrogens is 278 g/mol. The van der Waals surface area contributed by atoms with Gasteiger partial charge in [0.25, 0.3) is 5.91 Å². The third kappa shape index (κ3) is 2.49. The van der Waals surface area contributed by atoms with Crippen LogP contribution in [0, 0.1) is 12.7 Å². The lowest BCUT2D eigenvalue weighted by molar-refractivity contribution is -0.253. The first-order valence-corrected chi connectivity index (χ1v) is 5.98. The average Bonchev–Trinajstić information content (AvgIpc) is 2.75. The van der Waals surface area contributed by atoms with E-state index in [0.29, 0.717) is 5.56 Å². The number of hydrogen-bond donors (Lipinski definition) is 1. The van der Waals surface area contributed by atoms with Crippen LogP contribution in [-0.4, -0.2) is 40.8 Å². The van der Waals surface area contributed by atoms with Crippen molar-refractivity contribution in [2.75, 3.05) is 13.1 Å². The van der Waals surface area contributed by atoms with Crippen LogP contribution < -0.4 is 0 Å². The number of likely N-dealkylation sites (tertiary alicyclic amines) is 1. The maximum Gasteiger partial charge on any atom is 0.419 e. The summed E-state index contributed by atoms with van der Waals surface area (Å²) in [4.78, 5) is 13.0. The molecule has 1 saturated heterocycles. The van der Waals surface area contributed by atoms with E-state index in [1.807, 2.05) is 0 Å². The summed E-state index contributed by atoms with van der Waals surface area (Å²) in [5, 5.41) is 9.52. The van der Waals surface area contributed by atoms with Crippen molar-refractivity contribution in [2.24, 2.45) is 0 Å². The second-order valence-electron chi connectivity index (χ2n) is 4.97. The summed E-state index contributed by atoms with van der Waals surface area (Å²) in [7, 11) is 0. The van der Waals surface area contributed by atoms with Crippen molar-refractivity contribution in [3.05, 3.63) is 35.1 Å². The fourth-order valence-electron chi connectivity index (χ4n) is 2.19. The minimum Gasteiger partial charge on any atom is -0.379 e. The van der Waals surface area contributed by atoms with Gasteiger partial charge in [-0.05, 0) is 24.6 Å². The smallest absolute Gasteiger partial charge is 0.379 e. The number of β-amino-alcohol motifs (C(OH)–C–C–N with tert-alkyl or cyclic N) is 1. The van der Waals surface area contributed by atoms with Crippen molar-refractivity contribution in [1.29, 1.82) is 0 Å². The maximum absolute atomic E-state index is 13.1. The van der Waals surface area contributed by atoms with Crippen LogP contribution in [0.5, 0.6) is 0 Å². The first kappa shape index (κ1) is 14.8. The Kier molecular flexibility index (Phi) is 3.49. The molecule has 1 heterocycles. The summed E-state index contributed by atoms with van der Waals surface area (Å²) in [5.74, 6) is -1.34. The molecule has 1 aromatic rings. The van der Waals surface area contributed by atoms with E-state index in [4.69, 9.17) is 0 Å². The molecule has 110 valence electrons. The highest BCUT2D eigenvalue weighted by atomic mass is 19.4. The number of carbonyl (C=O) groups is 1. The zero-order valence-corrected chi connectivity index (χ0v) is 10.7. The molecule has 0 radical (unpaired) electrons. The minimum atomic E-state index is -4.79. The van der Waals surface area contributed by atoms with E-state index in [1.54, 1.807) is 6.92 Å². The number of aryl methyl sites for hydroxylation is 1. The molecule has 1 N–H and O–H groups in total. The number of halogens is 4. The number of aliphatic hydroxyl groups is 1. The molecular formula is C13H13F4NO2. The molecule has 0 saturated carbocycles. The van der Waals surface area contributed by atoms with Gasteiger partial charge in [0.1, 0.15) is 5.82 Å². The zero-order chi connectivity index (χ0) is 15.1. The normalized spacial score (nSPS) is 23.2. The van der Waals surface area contributed by atoms with Gasteiger partial charge in [-0.25, -0.2) is 4.39 Å². The van der Waals surface area contributed by atoms with E-state index in [1.165, 1.54) is 12.1 Å². The Labute approximate surface area is 112 Å². The second kappa shape index (κ2) is 4.73. The Morgan fingerprint density at radius 3 is 2.60 bits per heavy atom. The molecule has 0 aromatic heterocycles. The van der Waals surface area contributed by atoms with Crippen LogP contribution in [0.15, 0.2) is 18.2 Å². The van der Waals surface area contributed by atoms with Gasteiger partial charge >= 0.3 is 6.18 Å². The maximum atomic E-state index is 13.1. The van der Waals surface area contributed by atoms with E-state index in [9.17, 15) is 27.5 Å². The molecule has 1 amide bonds. The lowest BCUT2D eigenvalue weighted by Crippen LogP contribution is -2.48. The second-order valence-corrected chi connectivity index (χ2v) is 4.97. The Morgan fingerprint density at radius 2 is 2.05 bits per heavy atom. The summed E-state index contributed by atoms with van der Waals surface area (Å²) in [6.45, 7) is 0.523. The predicted molar refractivity (Wildman–Crippen MR) is 62.7 cm³/mol. The SMILES string of the molecule is Cc1ccc(F)cc1C(=O)N1CC[C@@](O)(C(F)(F)F)C1. The Morgan fingerprint density at radius 1 is 1.40 bits per heavy atom. The lowest BCUT2D eigenvalue weighted by atomic mass is 10.0. The highest BCUT2D eigenvalue weighted by Crippen LogP contribution is 2.38. The largest absolute Gasteiger partial charge is 0.419 e. The first-order chi connectivity index (χ1) is 9.14. The van der Waals surface area contributed by atoms with Crippen molar-refractivity contribution in [3.63, 3.8) is 0 Å². The van der Waals surface area contributed by atoms with Crippen LogP contribution in [0.25, 0.3) is 0 Å². The fourth-order valence-corrected chi connectivity index (χ4v) is 2.19. The average molecular weight is 291 g/mol. The molecule has 0 bridgehead atoms. The van der Waals surface area contributed by atoms with Gasteiger partial charge in [0.15, 0.2) is 5.60 Å². The monoisotopic (exact) mass is 291 g/mol. The standard InChI is InChI=1S/C13H13F4NO2/c1-8-2-3-9(14)6-10(8)11(19)18-5-4-12(20,7-18)13(15,16)17/h2-3,6,20H,4-5,7H2,1H3/t12-/m0/s1. The molecule has 1 atom stereocenters. The lowest BCUT2D eigenvalue weighted by Gasteiger charge is -2.26. The molecule has 0 spiro atoms. The molecule has 1 aliphatic heterocycles. The number of amides is 1. The first-order valence-electron chi connectivity index (χ1n) is 5.98. The molecule has 20 heavy (non-hydrogen) atoms.